The third-order valence-corrected chi connectivity index (χ3v) is 4.59. The second-order valence-electron chi connectivity index (χ2n) is 5.43. The highest BCUT2D eigenvalue weighted by Gasteiger charge is 2.17. The van der Waals surface area contributed by atoms with Crippen molar-refractivity contribution in [1.29, 1.82) is 0 Å². The van der Waals surface area contributed by atoms with E-state index in [2.05, 4.69) is 31.5 Å². The Morgan fingerprint density at radius 1 is 1.26 bits per heavy atom. The number of rotatable bonds is 3. The number of fused-ring (bicyclic) bond motifs is 1. The number of nitrogens with zero attached hydrogens (tertiary/aromatic N) is 2. The Bertz CT molecular complexity index is 573. The highest BCUT2D eigenvalue weighted by molar-refractivity contribution is 9.10. The molecule has 1 fully saturated rings. The van der Waals surface area contributed by atoms with E-state index in [9.17, 15) is 5.11 Å². The molecule has 0 aliphatic heterocycles. The van der Waals surface area contributed by atoms with Crippen LogP contribution in [0.5, 0.6) is 0 Å². The zero-order valence-electron chi connectivity index (χ0n) is 11.0. The first-order valence-corrected chi connectivity index (χ1v) is 7.83. The van der Waals surface area contributed by atoms with Gasteiger partial charge in [-0.15, -0.1) is 0 Å². The van der Waals surface area contributed by atoms with Gasteiger partial charge in [0.25, 0.3) is 0 Å². The van der Waals surface area contributed by atoms with Crippen molar-refractivity contribution in [3.8, 4) is 0 Å². The maximum atomic E-state index is 9.52. The summed E-state index contributed by atoms with van der Waals surface area (Å²) in [7, 11) is 0. The average Bonchev–Trinajstić information content (AvgIpc) is 2.78. The fourth-order valence-corrected chi connectivity index (χ4v) is 3.45. The molecular formula is C15H19BrN2O. The van der Waals surface area contributed by atoms with Gasteiger partial charge >= 0.3 is 0 Å². The summed E-state index contributed by atoms with van der Waals surface area (Å²) >= 11 is 3.52. The van der Waals surface area contributed by atoms with Gasteiger partial charge in [0.05, 0.1) is 11.0 Å². The lowest BCUT2D eigenvalue weighted by Crippen LogP contribution is -2.16. The first-order valence-electron chi connectivity index (χ1n) is 7.03. The van der Waals surface area contributed by atoms with Crippen molar-refractivity contribution in [2.75, 3.05) is 0 Å². The molecule has 0 spiro atoms. The maximum Gasteiger partial charge on any atom is 0.135 e. The summed E-state index contributed by atoms with van der Waals surface area (Å²) in [6.07, 6.45) is 6.67. The average molecular weight is 323 g/mol. The molecule has 0 saturated heterocycles. The van der Waals surface area contributed by atoms with Crippen LogP contribution in [0.3, 0.4) is 0 Å². The van der Waals surface area contributed by atoms with Crippen LogP contribution < -0.4 is 0 Å². The summed E-state index contributed by atoms with van der Waals surface area (Å²) in [4.78, 5) is 4.53. The van der Waals surface area contributed by atoms with Crippen LogP contribution in [0.25, 0.3) is 11.0 Å². The number of benzene rings is 1. The molecule has 1 N–H and O–H groups in total. The van der Waals surface area contributed by atoms with Crippen LogP contribution in [0.1, 0.15) is 37.9 Å². The first-order chi connectivity index (χ1) is 9.28. The van der Waals surface area contributed by atoms with Gasteiger partial charge in [0.15, 0.2) is 0 Å². The molecule has 0 atom stereocenters. The molecular weight excluding hydrogens is 304 g/mol. The van der Waals surface area contributed by atoms with E-state index < -0.39 is 0 Å². The molecule has 19 heavy (non-hydrogen) atoms. The number of aromatic nitrogens is 2. The largest absolute Gasteiger partial charge is 0.388 e. The summed E-state index contributed by atoms with van der Waals surface area (Å²) in [5.74, 6) is 1.52. The van der Waals surface area contributed by atoms with Crippen molar-refractivity contribution in [2.45, 2.75) is 45.3 Å². The van der Waals surface area contributed by atoms with E-state index in [0.717, 1.165) is 33.8 Å². The van der Waals surface area contributed by atoms with E-state index in [4.69, 9.17) is 0 Å². The summed E-state index contributed by atoms with van der Waals surface area (Å²) < 4.78 is 3.27. The fraction of sp³-hybridized carbons (Fsp3) is 0.533. The van der Waals surface area contributed by atoms with Crippen LogP contribution in [0.4, 0.5) is 0 Å². The predicted octanol–water partition coefficient (Wildman–Crippen LogP) is 3.87. The molecule has 0 amide bonds. The monoisotopic (exact) mass is 322 g/mol. The minimum atomic E-state index is 0.0129. The Morgan fingerprint density at radius 3 is 2.79 bits per heavy atom. The smallest absolute Gasteiger partial charge is 0.135 e. The molecule has 1 saturated carbocycles. The molecule has 102 valence electrons. The number of hydrogen-bond donors (Lipinski definition) is 1. The standard InChI is InChI=1S/C15H19BrN2O/c16-12-6-7-13-14(8-12)18(15(10-19)17-13)9-11-4-2-1-3-5-11/h6-8,11,19H,1-5,9-10H2. The molecule has 1 aromatic carbocycles. The second kappa shape index (κ2) is 5.63. The zero-order chi connectivity index (χ0) is 13.2. The van der Waals surface area contributed by atoms with Gasteiger partial charge in [0.2, 0.25) is 0 Å². The lowest BCUT2D eigenvalue weighted by atomic mass is 9.89. The summed E-state index contributed by atoms with van der Waals surface area (Å²) in [5.41, 5.74) is 2.10. The third kappa shape index (κ3) is 2.70. The van der Waals surface area contributed by atoms with Crippen LogP contribution in [-0.2, 0) is 13.2 Å². The molecule has 3 rings (SSSR count). The second-order valence-corrected chi connectivity index (χ2v) is 6.35. The van der Waals surface area contributed by atoms with Gasteiger partial charge in [0.1, 0.15) is 12.4 Å². The minimum Gasteiger partial charge on any atom is -0.388 e. The van der Waals surface area contributed by atoms with Gasteiger partial charge in [-0.1, -0.05) is 35.2 Å². The molecule has 1 aliphatic rings. The molecule has 3 nitrogen and oxygen atoms in total. The lowest BCUT2D eigenvalue weighted by molar-refractivity contribution is 0.255. The number of hydrogen-bond acceptors (Lipinski definition) is 2. The van der Waals surface area contributed by atoms with Crippen molar-refractivity contribution >= 4 is 27.0 Å². The Balaban J connectivity index is 1.97. The predicted molar refractivity (Wildman–Crippen MR) is 79.9 cm³/mol. The Morgan fingerprint density at radius 2 is 2.05 bits per heavy atom. The van der Waals surface area contributed by atoms with Gasteiger partial charge in [-0.05, 0) is 37.0 Å². The molecule has 1 aromatic heterocycles. The number of halogens is 1. The van der Waals surface area contributed by atoms with Crippen LogP contribution in [0.15, 0.2) is 22.7 Å². The topological polar surface area (TPSA) is 38.1 Å². The van der Waals surface area contributed by atoms with Gasteiger partial charge < -0.3 is 9.67 Å². The van der Waals surface area contributed by atoms with Gasteiger partial charge in [-0.25, -0.2) is 4.98 Å². The minimum absolute atomic E-state index is 0.0129. The quantitative estimate of drug-likeness (QED) is 0.931. The SMILES string of the molecule is OCc1nc2ccc(Br)cc2n1CC1CCCCC1. The van der Waals surface area contributed by atoms with E-state index in [-0.39, 0.29) is 6.61 Å². The molecule has 4 heteroatoms. The van der Waals surface area contributed by atoms with Crippen LogP contribution in [0.2, 0.25) is 0 Å². The van der Waals surface area contributed by atoms with Crippen molar-refractivity contribution in [1.82, 2.24) is 9.55 Å². The summed E-state index contributed by atoms with van der Waals surface area (Å²) in [5, 5.41) is 9.52. The van der Waals surface area contributed by atoms with Crippen molar-refractivity contribution in [2.24, 2.45) is 5.92 Å². The van der Waals surface area contributed by atoms with E-state index in [1.165, 1.54) is 32.1 Å². The highest BCUT2D eigenvalue weighted by atomic mass is 79.9. The fourth-order valence-electron chi connectivity index (χ4n) is 3.10. The number of imidazole rings is 1. The Labute approximate surface area is 121 Å². The first kappa shape index (κ1) is 13.1. The molecule has 2 aromatic rings. The summed E-state index contributed by atoms with van der Waals surface area (Å²) in [6, 6.07) is 6.11. The van der Waals surface area contributed by atoms with Crippen LogP contribution >= 0.6 is 15.9 Å². The van der Waals surface area contributed by atoms with Crippen molar-refractivity contribution < 1.29 is 5.11 Å². The molecule has 1 heterocycles. The molecule has 0 bridgehead atoms. The maximum absolute atomic E-state index is 9.52. The van der Waals surface area contributed by atoms with Gasteiger partial charge in [-0.3, -0.25) is 0 Å². The van der Waals surface area contributed by atoms with E-state index in [1.807, 2.05) is 12.1 Å². The normalized spacial score (nSPS) is 17.2. The van der Waals surface area contributed by atoms with E-state index in [1.54, 1.807) is 0 Å². The van der Waals surface area contributed by atoms with Gasteiger partial charge in [-0.2, -0.15) is 0 Å². The number of aliphatic hydroxyl groups is 1. The lowest BCUT2D eigenvalue weighted by Gasteiger charge is -2.23. The van der Waals surface area contributed by atoms with Crippen molar-refractivity contribution in [3.05, 3.63) is 28.5 Å². The zero-order valence-corrected chi connectivity index (χ0v) is 12.6. The summed E-state index contributed by atoms with van der Waals surface area (Å²) in [6.45, 7) is 1.00. The van der Waals surface area contributed by atoms with Crippen molar-refractivity contribution in [3.63, 3.8) is 0 Å². The Kier molecular flexibility index (Phi) is 3.89. The third-order valence-electron chi connectivity index (χ3n) is 4.10. The van der Waals surface area contributed by atoms with E-state index in [0.29, 0.717) is 0 Å². The molecule has 0 unspecified atom stereocenters. The Hall–Kier alpha value is -0.870. The van der Waals surface area contributed by atoms with Crippen LogP contribution in [0, 0.1) is 5.92 Å². The molecule has 0 radical (unpaired) electrons. The van der Waals surface area contributed by atoms with Crippen LogP contribution in [-0.4, -0.2) is 14.7 Å². The molecule has 1 aliphatic carbocycles. The van der Waals surface area contributed by atoms with Gasteiger partial charge in [0, 0.05) is 11.0 Å². The van der Waals surface area contributed by atoms with E-state index >= 15 is 0 Å². The highest BCUT2D eigenvalue weighted by Crippen LogP contribution is 2.28. The number of aliphatic hydroxyl groups excluding tert-OH is 1.